The van der Waals surface area contributed by atoms with E-state index in [1.807, 2.05) is 6.92 Å². The van der Waals surface area contributed by atoms with Crippen LogP contribution in [0.25, 0.3) is 0 Å². The molecule has 1 fully saturated rings. The molecule has 100 valence electrons. The SMILES string of the molecule is CCOC(=O)CCCCCNCC1(CC)CC1. The van der Waals surface area contributed by atoms with Gasteiger partial charge in [0.2, 0.25) is 0 Å². The fraction of sp³-hybridized carbons (Fsp3) is 0.929. The zero-order valence-corrected chi connectivity index (χ0v) is 11.4. The van der Waals surface area contributed by atoms with E-state index in [1.54, 1.807) is 0 Å². The van der Waals surface area contributed by atoms with Gasteiger partial charge in [-0.3, -0.25) is 4.79 Å². The normalized spacial score (nSPS) is 16.8. The first kappa shape index (κ1) is 14.5. The zero-order valence-electron chi connectivity index (χ0n) is 11.4. The van der Waals surface area contributed by atoms with Crippen molar-refractivity contribution in [2.24, 2.45) is 5.41 Å². The number of rotatable bonds is 10. The maximum absolute atomic E-state index is 11.1. The van der Waals surface area contributed by atoms with Crippen LogP contribution in [0.5, 0.6) is 0 Å². The van der Waals surface area contributed by atoms with Gasteiger partial charge in [0.05, 0.1) is 6.61 Å². The Hall–Kier alpha value is -0.570. The predicted octanol–water partition coefficient (Wildman–Crippen LogP) is 2.89. The summed E-state index contributed by atoms with van der Waals surface area (Å²) < 4.78 is 4.88. The Bertz CT molecular complexity index is 224. The highest BCUT2D eigenvalue weighted by molar-refractivity contribution is 5.69. The van der Waals surface area contributed by atoms with E-state index in [9.17, 15) is 4.79 Å². The van der Waals surface area contributed by atoms with Crippen LogP contribution in [0.2, 0.25) is 0 Å². The second-order valence-corrected chi connectivity index (χ2v) is 5.15. The summed E-state index contributed by atoms with van der Waals surface area (Å²) in [5.74, 6) is -0.0524. The highest BCUT2D eigenvalue weighted by atomic mass is 16.5. The summed E-state index contributed by atoms with van der Waals surface area (Å²) in [5.41, 5.74) is 0.644. The second-order valence-electron chi connectivity index (χ2n) is 5.15. The first-order chi connectivity index (χ1) is 8.22. The lowest BCUT2D eigenvalue weighted by atomic mass is 10.0. The molecule has 1 aliphatic rings. The van der Waals surface area contributed by atoms with Crippen LogP contribution < -0.4 is 5.32 Å². The molecule has 0 spiro atoms. The summed E-state index contributed by atoms with van der Waals surface area (Å²) >= 11 is 0. The van der Waals surface area contributed by atoms with Crippen molar-refractivity contribution in [1.82, 2.24) is 5.32 Å². The number of unbranched alkanes of at least 4 members (excludes halogenated alkanes) is 2. The summed E-state index contributed by atoms with van der Waals surface area (Å²) in [6, 6.07) is 0. The average Bonchev–Trinajstić information content (AvgIpc) is 3.09. The van der Waals surface area contributed by atoms with Crippen LogP contribution >= 0.6 is 0 Å². The smallest absolute Gasteiger partial charge is 0.305 e. The minimum Gasteiger partial charge on any atom is -0.466 e. The van der Waals surface area contributed by atoms with E-state index in [2.05, 4.69) is 12.2 Å². The monoisotopic (exact) mass is 241 g/mol. The standard InChI is InChI=1S/C14H27NO2/c1-3-14(9-10-14)12-15-11-7-5-6-8-13(16)17-4-2/h15H,3-12H2,1-2H3. The minimum atomic E-state index is -0.0524. The number of carbonyl (C=O) groups excluding carboxylic acids is 1. The van der Waals surface area contributed by atoms with Gasteiger partial charge in [0.25, 0.3) is 0 Å². The van der Waals surface area contributed by atoms with Gasteiger partial charge < -0.3 is 10.1 Å². The fourth-order valence-corrected chi connectivity index (χ4v) is 2.11. The molecule has 0 aromatic carbocycles. The van der Waals surface area contributed by atoms with E-state index < -0.39 is 0 Å². The van der Waals surface area contributed by atoms with Gasteiger partial charge in [-0.25, -0.2) is 0 Å². The van der Waals surface area contributed by atoms with Crippen LogP contribution in [0.4, 0.5) is 0 Å². The molecule has 0 saturated heterocycles. The number of ether oxygens (including phenoxy) is 1. The van der Waals surface area contributed by atoms with E-state index in [-0.39, 0.29) is 5.97 Å². The highest BCUT2D eigenvalue weighted by Gasteiger charge is 2.39. The molecule has 0 unspecified atom stereocenters. The molecule has 0 bridgehead atoms. The molecule has 0 aromatic heterocycles. The van der Waals surface area contributed by atoms with Crippen molar-refractivity contribution in [2.75, 3.05) is 19.7 Å². The van der Waals surface area contributed by atoms with Crippen molar-refractivity contribution in [2.45, 2.75) is 58.8 Å². The van der Waals surface area contributed by atoms with Gasteiger partial charge in [0, 0.05) is 13.0 Å². The molecule has 0 aliphatic heterocycles. The van der Waals surface area contributed by atoms with Crippen molar-refractivity contribution in [3.05, 3.63) is 0 Å². The van der Waals surface area contributed by atoms with Gasteiger partial charge >= 0.3 is 5.97 Å². The van der Waals surface area contributed by atoms with Gasteiger partial charge in [-0.2, -0.15) is 0 Å². The topological polar surface area (TPSA) is 38.3 Å². The summed E-state index contributed by atoms with van der Waals surface area (Å²) in [5, 5.41) is 3.54. The van der Waals surface area contributed by atoms with E-state index in [1.165, 1.54) is 32.2 Å². The van der Waals surface area contributed by atoms with Crippen molar-refractivity contribution >= 4 is 5.97 Å². The summed E-state index contributed by atoms with van der Waals surface area (Å²) in [6.45, 7) is 6.91. The van der Waals surface area contributed by atoms with Crippen LogP contribution in [-0.4, -0.2) is 25.7 Å². The first-order valence-electron chi connectivity index (χ1n) is 7.09. The van der Waals surface area contributed by atoms with Gasteiger partial charge in [0.15, 0.2) is 0 Å². The van der Waals surface area contributed by atoms with Crippen molar-refractivity contribution in [1.29, 1.82) is 0 Å². The Morgan fingerprint density at radius 3 is 2.59 bits per heavy atom. The van der Waals surface area contributed by atoms with E-state index in [0.717, 1.165) is 19.4 Å². The Morgan fingerprint density at radius 2 is 2.00 bits per heavy atom. The van der Waals surface area contributed by atoms with Crippen molar-refractivity contribution in [3.63, 3.8) is 0 Å². The molecule has 1 saturated carbocycles. The van der Waals surface area contributed by atoms with Crippen LogP contribution in [0.1, 0.15) is 58.8 Å². The molecule has 0 radical (unpaired) electrons. The highest BCUT2D eigenvalue weighted by Crippen LogP contribution is 2.47. The van der Waals surface area contributed by atoms with Crippen molar-refractivity contribution < 1.29 is 9.53 Å². The average molecular weight is 241 g/mol. The third-order valence-electron chi connectivity index (χ3n) is 3.75. The third-order valence-corrected chi connectivity index (χ3v) is 3.75. The quantitative estimate of drug-likeness (QED) is 0.472. The molecular formula is C14H27NO2. The predicted molar refractivity (Wildman–Crippen MR) is 69.9 cm³/mol. The third kappa shape index (κ3) is 6.06. The Balaban J connectivity index is 1.83. The molecule has 3 heteroatoms. The number of hydrogen-bond donors (Lipinski definition) is 1. The molecule has 1 rings (SSSR count). The lowest BCUT2D eigenvalue weighted by Crippen LogP contribution is -2.24. The molecule has 0 atom stereocenters. The minimum absolute atomic E-state index is 0.0524. The maximum Gasteiger partial charge on any atom is 0.305 e. The van der Waals surface area contributed by atoms with Crippen LogP contribution in [0, 0.1) is 5.41 Å². The molecule has 0 heterocycles. The number of carbonyl (C=O) groups is 1. The summed E-state index contributed by atoms with van der Waals surface area (Å²) in [7, 11) is 0. The van der Waals surface area contributed by atoms with E-state index in [4.69, 9.17) is 4.74 Å². The fourth-order valence-electron chi connectivity index (χ4n) is 2.11. The second kappa shape index (κ2) is 7.70. The molecule has 1 aliphatic carbocycles. The lowest BCUT2D eigenvalue weighted by molar-refractivity contribution is -0.143. The Morgan fingerprint density at radius 1 is 1.24 bits per heavy atom. The van der Waals surface area contributed by atoms with Gasteiger partial charge in [-0.05, 0) is 51.0 Å². The van der Waals surface area contributed by atoms with Crippen LogP contribution in [-0.2, 0) is 9.53 Å². The summed E-state index contributed by atoms with van der Waals surface area (Å²) in [4.78, 5) is 11.1. The Labute approximate surface area is 105 Å². The van der Waals surface area contributed by atoms with Gasteiger partial charge in [-0.1, -0.05) is 13.3 Å². The largest absolute Gasteiger partial charge is 0.466 e. The van der Waals surface area contributed by atoms with Crippen LogP contribution in [0.3, 0.4) is 0 Å². The van der Waals surface area contributed by atoms with Gasteiger partial charge in [-0.15, -0.1) is 0 Å². The number of esters is 1. The molecule has 0 aromatic rings. The Kier molecular flexibility index (Phi) is 6.56. The molecule has 3 nitrogen and oxygen atoms in total. The van der Waals surface area contributed by atoms with E-state index >= 15 is 0 Å². The lowest BCUT2D eigenvalue weighted by Gasteiger charge is -2.13. The van der Waals surface area contributed by atoms with E-state index in [0.29, 0.717) is 18.4 Å². The maximum atomic E-state index is 11.1. The number of hydrogen-bond acceptors (Lipinski definition) is 3. The van der Waals surface area contributed by atoms with Crippen LogP contribution in [0.15, 0.2) is 0 Å². The molecule has 17 heavy (non-hydrogen) atoms. The first-order valence-corrected chi connectivity index (χ1v) is 7.09. The zero-order chi connectivity index (χ0) is 12.6. The molecule has 0 amide bonds. The summed E-state index contributed by atoms with van der Waals surface area (Å²) in [6.07, 6.45) is 7.93. The molecular weight excluding hydrogens is 214 g/mol. The van der Waals surface area contributed by atoms with Gasteiger partial charge in [0.1, 0.15) is 0 Å². The molecule has 1 N–H and O–H groups in total. The number of nitrogens with one attached hydrogen (secondary N) is 1. The van der Waals surface area contributed by atoms with Crippen molar-refractivity contribution in [3.8, 4) is 0 Å².